The Labute approximate surface area is 67.9 Å². The van der Waals surface area contributed by atoms with E-state index in [4.69, 9.17) is 4.74 Å². The van der Waals surface area contributed by atoms with Crippen LogP contribution in [-0.4, -0.2) is 12.1 Å². The molecule has 0 spiro atoms. The number of hydrogen-bond acceptors (Lipinski definition) is 2. The zero-order valence-corrected chi connectivity index (χ0v) is 7.68. The fraction of sp³-hybridized carbons (Fsp3) is 0.889. The van der Waals surface area contributed by atoms with Gasteiger partial charge in [-0.15, -0.1) is 0 Å². The second-order valence-electron chi connectivity index (χ2n) is 3.86. The van der Waals surface area contributed by atoms with Crippen molar-refractivity contribution in [1.29, 1.82) is 0 Å². The molecule has 1 aliphatic rings. The Morgan fingerprint density at radius 1 is 1.55 bits per heavy atom. The maximum atomic E-state index is 11.3. The fourth-order valence-electron chi connectivity index (χ4n) is 1.48. The van der Waals surface area contributed by atoms with Crippen molar-refractivity contribution in [2.24, 2.45) is 11.3 Å². The Morgan fingerprint density at radius 2 is 2.09 bits per heavy atom. The summed E-state index contributed by atoms with van der Waals surface area (Å²) < 4.78 is 5.20. The second-order valence-corrected chi connectivity index (χ2v) is 3.86. The number of ether oxygens (including phenoxy) is 1. The molecule has 1 saturated heterocycles. The molecular weight excluding hydrogens is 140 g/mol. The molecule has 11 heavy (non-hydrogen) atoms. The van der Waals surface area contributed by atoms with Crippen molar-refractivity contribution in [2.45, 2.75) is 40.2 Å². The van der Waals surface area contributed by atoms with Crippen LogP contribution in [0.5, 0.6) is 0 Å². The molecular formula is C9H16O2. The van der Waals surface area contributed by atoms with Crippen LogP contribution in [0.15, 0.2) is 0 Å². The highest BCUT2D eigenvalue weighted by molar-refractivity contribution is 5.78. The molecule has 2 atom stereocenters. The second kappa shape index (κ2) is 2.50. The van der Waals surface area contributed by atoms with E-state index in [0.717, 1.165) is 6.42 Å². The third-order valence-electron chi connectivity index (χ3n) is 2.88. The quantitative estimate of drug-likeness (QED) is 0.543. The molecule has 1 fully saturated rings. The minimum absolute atomic E-state index is 0.0446. The predicted molar refractivity (Wildman–Crippen MR) is 43.1 cm³/mol. The molecule has 0 saturated carbocycles. The first-order chi connectivity index (χ1) is 5.00. The molecule has 1 rings (SSSR count). The molecule has 0 amide bonds. The number of cyclic esters (lactones) is 1. The lowest BCUT2D eigenvalue weighted by Gasteiger charge is -2.19. The van der Waals surface area contributed by atoms with Gasteiger partial charge in [-0.2, -0.15) is 0 Å². The first-order valence-electron chi connectivity index (χ1n) is 4.21. The van der Waals surface area contributed by atoms with Crippen molar-refractivity contribution in [1.82, 2.24) is 0 Å². The molecule has 1 heterocycles. The van der Waals surface area contributed by atoms with E-state index < -0.39 is 0 Å². The lowest BCUT2D eigenvalue weighted by Crippen LogP contribution is -2.25. The first kappa shape index (κ1) is 8.57. The van der Waals surface area contributed by atoms with E-state index in [9.17, 15) is 4.79 Å². The topological polar surface area (TPSA) is 26.3 Å². The van der Waals surface area contributed by atoms with Crippen LogP contribution in [-0.2, 0) is 9.53 Å². The third kappa shape index (κ3) is 1.15. The van der Waals surface area contributed by atoms with Gasteiger partial charge >= 0.3 is 5.97 Å². The SMILES string of the molecule is CC[C@H]1OC(=O)C(C)(C)[C@@H]1C. The van der Waals surface area contributed by atoms with Crippen molar-refractivity contribution in [2.75, 3.05) is 0 Å². The monoisotopic (exact) mass is 156 g/mol. The number of carbonyl (C=O) groups excluding carboxylic acids is 1. The van der Waals surface area contributed by atoms with Gasteiger partial charge in [-0.1, -0.05) is 13.8 Å². The summed E-state index contributed by atoms with van der Waals surface area (Å²) in [4.78, 5) is 11.3. The molecule has 64 valence electrons. The van der Waals surface area contributed by atoms with Crippen molar-refractivity contribution < 1.29 is 9.53 Å². The predicted octanol–water partition coefficient (Wildman–Crippen LogP) is 1.98. The summed E-state index contributed by atoms with van der Waals surface area (Å²) in [5.41, 5.74) is -0.277. The molecule has 0 aromatic heterocycles. The molecule has 0 N–H and O–H groups in total. The van der Waals surface area contributed by atoms with Gasteiger partial charge in [0.15, 0.2) is 0 Å². The van der Waals surface area contributed by atoms with E-state index in [1.165, 1.54) is 0 Å². The van der Waals surface area contributed by atoms with Crippen LogP contribution in [0.2, 0.25) is 0 Å². The van der Waals surface area contributed by atoms with Gasteiger partial charge in [0.2, 0.25) is 0 Å². The minimum Gasteiger partial charge on any atom is -0.462 e. The first-order valence-corrected chi connectivity index (χ1v) is 4.21. The molecule has 0 radical (unpaired) electrons. The Bertz CT molecular complexity index is 172. The Morgan fingerprint density at radius 3 is 2.27 bits per heavy atom. The van der Waals surface area contributed by atoms with E-state index in [0.29, 0.717) is 5.92 Å². The van der Waals surface area contributed by atoms with E-state index in [1.807, 2.05) is 13.8 Å². The third-order valence-corrected chi connectivity index (χ3v) is 2.88. The van der Waals surface area contributed by atoms with E-state index in [2.05, 4.69) is 13.8 Å². The zero-order chi connectivity index (χ0) is 8.65. The maximum Gasteiger partial charge on any atom is 0.312 e. The summed E-state index contributed by atoms with van der Waals surface area (Å²) in [7, 11) is 0. The van der Waals surface area contributed by atoms with E-state index >= 15 is 0 Å². The fourth-order valence-corrected chi connectivity index (χ4v) is 1.48. The zero-order valence-electron chi connectivity index (χ0n) is 7.68. The van der Waals surface area contributed by atoms with Crippen molar-refractivity contribution >= 4 is 5.97 Å². The Hall–Kier alpha value is -0.530. The number of esters is 1. The summed E-state index contributed by atoms with van der Waals surface area (Å²) in [6, 6.07) is 0. The van der Waals surface area contributed by atoms with Crippen molar-refractivity contribution in [3.05, 3.63) is 0 Å². The van der Waals surface area contributed by atoms with Gasteiger partial charge in [-0.05, 0) is 20.3 Å². The minimum atomic E-state index is -0.277. The summed E-state index contributed by atoms with van der Waals surface area (Å²) in [5, 5.41) is 0. The summed E-state index contributed by atoms with van der Waals surface area (Å²) in [6.07, 6.45) is 1.06. The standard InChI is InChI=1S/C9H16O2/c1-5-7-6(2)9(3,4)8(10)11-7/h6-7H,5H2,1-4H3/t6-,7-/m1/s1. The summed E-state index contributed by atoms with van der Waals surface area (Å²) in [5.74, 6) is 0.303. The molecule has 0 aromatic carbocycles. The van der Waals surface area contributed by atoms with Gasteiger partial charge in [-0.3, -0.25) is 4.79 Å². The molecule has 1 aliphatic heterocycles. The maximum absolute atomic E-state index is 11.3. The Kier molecular flexibility index (Phi) is 1.95. The van der Waals surface area contributed by atoms with Crippen LogP contribution >= 0.6 is 0 Å². The average Bonchev–Trinajstić information content (AvgIpc) is 2.14. The van der Waals surface area contributed by atoms with E-state index in [-0.39, 0.29) is 17.5 Å². The molecule has 2 heteroatoms. The summed E-state index contributed by atoms with van der Waals surface area (Å²) >= 11 is 0. The number of hydrogen-bond donors (Lipinski definition) is 0. The molecule has 2 nitrogen and oxygen atoms in total. The van der Waals surface area contributed by atoms with E-state index in [1.54, 1.807) is 0 Å². The van der Waals surface area contributed by atoms with Gasteiger partial charge in [0.25, 0.3) is 0 Å². The highest BCUT2D eigenvalue weighted by Gasteiger charge is 2.47. The van der Waals surface area contributed by atoms with Crippen LogP contribution in [0.3, 0.4) is 0 Å². The number of carbonyl (C=O) groups is 1. The smallest absolute Gasteiger partial charge is 0.312 e. The number of rotatable bonds is 1. The van der Waals surface area contributed by atoms with Crippen LogP contribution in [0.25, 0.3) is 0 Å². The van der Waals surface area contributed by atoms with Crippen molar-refractivity contribution in [3.8, 4) is 0 Å². The van der Waals surface area contributed by atoms with Gasteiger partial charge in [0, 0.05) is 5.92 Å². The van der Waals surface area contributed by atoms with Gasteiger partial charge < -0.3 is 4.74 Å². The lowest BCUT2D eigenvalue weighted by atomic mass is 9.79. The van der Waals surface area contributed by atoms with Crippen LogP contribution in [0, 0.1) is 11.3 Å². The Balaban J connectivity index is 2.80. The summed E-state index contributed by atoms with van der Waals surface area (Å²) in [6.45, 7) is 8.04. The highest BCUT2D eigenvalue weighted by Crippen LogP contribution is 2.39. The van der Waals surface area contributed by atoms with Crippen LogP contribution in [0.4, 0.5) is 0 Å². The van der Waals surface area contributed by atoms with Gasteiger partial charge in [-0.25, -0.2) is 0 Å². The lowest BCUT2D eigenvalue weighted by molar-refractivity contribution is -0.147. The molecule has 0 bridgehead atoms. The normalized spacial score (nSPS) is 35.5. The van der Waals surface area contributed by atoms with Gasteiger partial charge in [0.1, 0.15) is 6.10 Å². The molecule has 0 aliphatic carbocycles. The molecule has 0 aromatic rings. The van der Waals surface area contributed by atoms with Crippen LogP contribution < -0.4 is 0 Å². The largest absolute Gasteiger partial charge is 0.462 e. The highest BCUT2D eigenvalue weighted by atomic mass is 16.6. The average molecular weight is 156 g/mol. The van der Waals surface area contributed by atoms with Crippen LogP contribution in [0.1, 0.15) is 34.1 Å². The van der Waals surface area contributed by atoms with Gasteiger partial charge in [0.05, 0.1) is 5.41 Å². The van der Waals surface area contributed by atoms with Crippen molar-refractivity contribution in [3.63, 3.8) is 0 Å². The molecule has 0 unspecified atom stereocenters.